The predicted octanol–water partition coefficient (Wildman–Crippen LogP) is 4.40. The predicted molar refractivity (Wildman–Crippen MR) is 123 cm³/mol. The van der Waals surface area contributed by atoms with E-state index in [2.05, 4.69) is 30.2 Å². The molecular formula is C24H24F3N5O2. The lowest BCUT2D eigenvalue weighted by atomic mass is 10.1. The summed E-state index contributed by atoms with van der Waals surface area (Å²) in [4.78, 5) is 24.1. The average molecular weight is 471 g/mol. The molecule has 0 bridgehead atoms. The van der Waals surface area contributed by atoms with Gasteiger partial charge in [0.1, 0.15) is 11.6 Å². The van der Waals surface area contributed by atoms with Crippen molar-refractivity contribution in [3.05, 3.63) is 66.1 Å². The van der Waals surface area contributed by atoms with Crippen LogP contribution in [0.25, 0.3) is 11.1 Å². The molecule has 34 heavy (non-hydrogen) atoms. The number of amides is 1. The highest BCUT2D eigenvalue weighted by molar-refractivity contribution is 6.05. The van der Waals surface area contributed by atoms with Crippen LogP contribution in [-0.2, 0) is 0 Å². The molecule has 3 aromatic rings. The van der Waals surface area contributed by atoms with E-state index in [-0.39, 0.29) is 5.75 Å². The highest BCUT2D eigenvalue weighted by Gasteiger charge is 2.31. The maximum absolute atomic E-state index is 12.9. The Hall–Kier alpha value is -3.66. The minimum absolute atomic E-state index is 0.319. The maximum atomic E-state index is 12.9. The molecule has 0 saturated carbocycles. The number of carbonyl (C=O) groups is 1. The van der Waals surface area contributed by atoms with Gasteiger partial charge in [-0.2, -0.15) is 0 Å². The van der Waals surface area contributed by atoms with Gasteiger partial charge in [-0.1, -0.05) is 6.07 Å². The standard InChI is InChI=1S/C24H24F3N5O2/c1-15-3-4-16(12-29-15)21-11-17(13-30-22(21)32-10-9-19(14-32)28-2)23(33)31-18-5-7-20(8-6-18)34-24(25,26)27/h3-8,11-13,19,28H,9-10,14H2,1-2H3,(H,31,33). The lowest BCUT2D eigenvalue weighted by Gasteiger charge is -2.21. The number of benzene rings is 1. The number of nitrogens with one attached hydrogen (secondary N) is 2. The molecule has 0 spiro atoms. The summed E-state index contributed by atoms with van der Waals surface area (Å²) in [7, 11) is 1.93. The summed E-state index contributed by atoms with van der Waals surface area (Å²) < 4.78 is 40.9. The highest BCUT2D eigenvalue weighted by Crippen LogP contribution is 2.32. The Kier molecular flexibility index (Phi) is 6.69. The van der Waals surface area contributed by atoms with E-state index in [4.69, 9.17) is 0 Å². The number of carbonyl (C=O) groups excluding carboxylic acids is 1. The first-order valence-corrected chi connectivity index (χ1v) is 10.7. The molecule has 0 aliphatic carbocycles. The molecule has 2 aromatic heterocycles. The molecular weight excluding hydrogens is 447 g/mol. The number of halogens is 3. The summed E-state index contributed by atoms with van der Waals surface area (Å²) in [5.74, 6) is -0.0239. The summed E-state index contributed by atoms with van der Waals surface area (Å²) in [6, 6.07) is 10.9. The SMILES string of the molecule is CNC1CCN(c2ncc(C(=O)Nc3ccc(OC(F)(F)F)cc3)cc2-c2ccc(C)nc2)C1. The lowest BCUT2D eigenvalue weighted by Crippen LogP contribution is -2.30. The number of hydrogen-bond donors (Lipinski definition) is 2. The fraction of sp³-hybridized carbons (Fsp3) is 0.292. The molecule has 3 heterocycles. The fourth-order valence-corrected chi connectivity index (χ4v) is 3.80. The van der Waals surface area contributed by atoms with Crippen LogP contribution in [-0.4, -0.2) is 48.4 Å². The topological polar surface area (TPSA) is 79.4 Å². The van der Waals surface area contributed by atoms with Gasteiger partial charge in [-0.25, -0.2) is 4.98 Å². The molecule has 1 unspecified atom stereocenters. The number of hydrogen-bond acceptors (Lipinski definition) is 6. The van der Waals surface area contributed by atoms with Crippen molar-refractivity contribution in [1.82, 2.24) is 15.3 Å². The normalized spacial score (nSPS) is 15.9. The van der Waals surface area contributed by atoms with Crippen LogP contribution >= 0.6 is 0 Å². The van der Waals surface area contributed by atoms with Gasteiger partial charge in [0.2, 0.25) is 0 Å². The fourth-order valence-electron chi connectivity index (χ4n) is 3.80. The zero-order chi connectivity index (χ0) is 24.3. The molecule has 2 N–H and O–H groups in total. The third kappa shape index (κ3) is 5.63. The zero-order valence-electron chi connectivity index (χ0n) is 18.7. The van der Waals surface area contributed by atoms with E-state index >= 15 is 0 Å². The largest absolute Gasteiger partial charge is 0.573 e. The number of aromatic nitrogens is 2. The average Bonchev–Trinajstić information content (AvgIpc) is 3.29. The van der Waals surface area contributed by atoms with E-state index in [1.807, 2.05) is 26.1 Å². The van der Waals surface area contributed by atoms with Crippen molar-refractivity contribution < 1.29 is 22.7 Å². The van der Waals surface area contributed by atoms with Gasteiger partial charge >= 0.3 is 6.36 Å². The summed E-state index contributed by atoms with van der Waals surface area (Å²) in [6.07, 6.45) is -0.534. The summed E-state index contributed by atoms with van der Waals surface area (Å²) >= 11 is 0. The molecule has 4 rings (SSSR count). The van der Waals surface area contributed by atoms with Crippen molar-refractivity contribution in [1.29, 1.82) is 0 Å². The third-order valence-corrected chi connectivity index (χ3v) is 5.59. The second-order valence-corrected chi connectivity index (χ2v) is 8.03. The van der Waals surface area contributed by atoms with Gasteiger partial charge < -0.3 is 20.3 Å². The number of nitrogens with zero attached hydrogens (tertiary/aromatic N) is 3. The van der Waals surface area contributed by atoms with Crippen LogP contribution in [0, 0.1) is 6.92 Å². The van der Waals surface area contributed by atoms with E-state index in [9.17, 15) is 18.0 Å². The van der Waals surface area contributed by atoms with E-state index in [0.717, 1.165) is 54.3 Å². The van der Waals surface area contributed by atoms with Crippen LogP contribution < -0.4 is 20.3 Å². The second kappa shape index (κ2) is 9.68. The Morgan fingerprint density at radius 1 is 1.12 bits per heavy atom. The van der Waals surface area contributed by atoms with Crippen molar-refractivity contribution in [2.75, 3.05) is 30.4 Å². The van der Waals surface area contributed by atoms with Crippen LogP contribution in [0.1, 0.15) is 22.5 Å². The van der Waals surface area contributed by atoms with Crippen molar-refractivity contribution in [2.24, 2.45) is 0 Å². The van der Waals surface area contributed by atoms with Gasteiger partial charge in [0.25, 0.3) is 5.91 Å². The smallest absolute Gasteiger partial charge is 0.406 e. The van der Waals surface area contributed by atoms with Crippen LogP contribution in [0.5, 0.6) is 5.75 Å². The van der Waals surface area contributed by atoms with E-state index in [1.54, 1.807) is 12.3 Å². The first-order chi connectivity index (χ1) is 16.2. The van der Waals surface area contributed by atoms with E-state index in [0.29, 0.717) is 17.3 Å². The second-order valence-electron chi connectivity index (χ2n) is 8.03. The van der Waals surface area contributed by atoms with Gasteiger partial charge in [0.05, 0.1) is 5.56 Å². The third-order valence-electron chi connectivity index (χ3n) is 5.59. The van der Waals surface area contributed by atoms with Gasteiger partial charge in [-0.3, -0.25) is 9.78 Å². The van der Waals surface area contributed by atoms with Crippen LogP contribution in [0.3, 0.4) is 0 Å². The molecule has 0 radical (unpaired) electrons. The molecule has 7 nitrogen and oxygen atoms in total. The first kappa shape index (κ1) is 23.5. The molecule has 1 aromatic carbocycles. The van der Waals surface area contributed by atoms with E-state index < -0.39 is 12.3 Å². The van der Waals surface area contributed by atoms with Gasteiger partial charge in [-0.15, -0.1) is 13.2 Å². The Morgan fingerprint density at radius 2 is 1.88 bits per heavy atom. The van der Waals surface area contributed by atoms with Crippen LogP contribution in [0.4, 0.5) is 24.7 Å². The number of aryl methyl sites for hydroxylation is 1. The number of pyridine rings is 2. The van der Waals surface area contributed by atoms with Crippen molar-refractivity contribution in [2.45, 2.75) is 25.7 Å². The van der Waals surface area contributed by atoms with Gasteiger partial charge in [-0.05, 0) is 56.8 Å². The lowest BCUT2D eigenvalue weighted by molar-refractivity contribution is -0.274. The number of rotatable bonds is 6. The van der Waals surface area contributed by atoms with Crippen LogP contribution in [0.15, 0.2) is 54.9 Å². The van der Waals surface area contributed by atoms with Crippen molar-refractivity contribution >= 4 is 17.4 Å². The monoisotopic (exact) mass is 471 g/mol. The molecule has 1 amide bonds. The molecule has 1 fully saturated rings. The molecule has 10 heteroatoms. The highest BCUT2D eigenvalue weighted by atomic mass is 19.4. The Morgan fingerprint density at radius 3 is 2.50 bits per heavy atom. The quantitative estimate of drug-likeness (QED) is 0.555. The number of ether oxygens (including phenoxy) is 1. The number of alkyl halides is 3. The van der Waals surface area contributed by atoms with E-state index in [1.165, 1.54) is 18.3 Å². The Labute approximate surface area is 195 Å². The van der Waals surface area contributed by atoms with Crippen LogP contribution in [0.2, 0.25) is 0 Å². The summed E-state index contributed by atoms with van der Waals surface area (Å²) in [6.45, 7) is 3.53. The molecule has 178 valence electrons. The minimum atomic E-state index is -4.78. The van der Waals surface area contributed by atoms with Gasteiger partial charge in [0, 0.05) is 54.0 Å². The molecule has 1 aliphatic heterocycles. The number of likely N-dealkylation sites (N-methyl/N-ethyl adjacent to an activating group) is 1. The van der Waals surface area contributed by atoms with Crippen molar-refractivity contribution in [3.63, 3.8) is 0 Å². The molecule has 1 saturated heterocycles. The Balaban J connectivity index is 1.59. The molecule has 1 aliphatic rings. The minimum Gasteiger partial charge on any atom is -0.406 e. The molecule has 1 atom stereocenters. The summed E-state index contributed by atoms with van der Waals surface area (Å²) in [5, 5.41) is 5.97. The van der Waals surface area contributed by atoms with Crippen molar-refractivity contribution in [3.8, 4) is 16.9 Å². The van der Waals surface area contributed by atoms with Gasteiger partial charge in [0.15, 0.2) is 0 Å². The maximum Gasteiger partial charge on any atom is 0.573 e. The Bertz CT molecular complexity index is 1150. The first-order valence-electron chi connectivity index (χ1n) is 10.7. The summed E-state index contributed by atoms with van der Waals surface area (Å²) in [5.41, 5.74) is 3.15. The number of anilines is 2. The zero-order valence-corrected chi connectivity index (χ0v) is 18.7.